The molecule has 0 radical (unpaired) electrons. The lowest BCUT2D eigenvalue weighted by atomic mass is 10.1. The molecule has 0 heterocycles. The fraction of sp³-hybridized carbons (Fsp3) is 0.636. The molecule has 1 rings (SSSR count). The molecule has 0 aliphatic heterocycles. The maximum absolute atomic E-state index is 5.85. The Hall–Kier alpha value is -0.920. The average molecular weight is 180 g/mol. The van der Waals surface area contributed by atoms with Crippen molar-refractivity contribution in [3.8, 4) is 0 Å². The van der Waals surface area contributed by atoms with Gasteiger partial charge in [-0.2, -0.15) is 0 Å². The molecule has 0 aromatic carbocycles. The standard InChI is InChI=1S/C11H20N2/c1-4-11(8(2)3)13-7-10(12)9-5-6-9/h4,7-9,13H,5-6,12H2,1-3H3/b10-7-,11-4-. The third-order valence-corrected chi connectivity index (χ3v) is 2.39. The Morgan fingerprint density at radius 3 is 2.46 bits per heavy atom. The fourth-order valence-corrected chi connectivity index (χ4v) is 1.28. The summed E-state index contributed by atoms with van der Waals surface area (Å²) in [5.74, 6) is 1.19. The molecular formula is C11H20N2. The number of nitrogens with one attached hydrogen (secondary N) is 1. The van der Waals surface area contributed by atoms with Crippen molar-refractivity contribution in [3.63, 3.8) is 0 Å². The monoisotopic (exact) mass is 180 g/mol. The largest absolute Gasteiger partial charge is 0.401 e. The third kappa shape index (κ3) is 3.13. The van der Waals surface area contributed by atoms with Crippen molar-refractivity contribution in [1.29, 1.82) is 0 Å². The van der Waals surface area contributed by atoms with Crippen LogP contribution in [0, 0.1) is 11.8 Å². The van der Waals surface area contributed by atoms with E-state index < -0.39 is 0 Å². The molecule has 0 spiro atoms. The molecule has 2 nitrogen and oxygen atoms in total. The minimum Gasteiger partial charge on any atom is -0.401 e. The second-order valence-corrected chi connectivity index (χ2v) is 3.96. The van der Waals surface area contributed by atoms with Crippen molar-refractivity contribution >= 4 is 0 Å². The van der Waals surface area contributed by atoms with Gasteiger partial charge in [0.25, 0.3) is 0 Å². The Morgan fingerprint density at radius 2 is 2.08 bits per heavy atom. The summed E-state index contributed by atoms with van der Waals surface area (Å²) in [6, 6.07) is 0. The Balaban J connectivity index is 2.42. The normalized spacial score (nSPS) is 19.4. The molecule has 0 saturated heterocycles. The highest BCUT2D eigenvalue weighted by molar-refractivity contribution is 5.12. The molecule has 1 aliphatic rings. The first-order valence-electron chi connectivity index (χ1n) is 5.03. The van der Waals surface area contributed by atoms with E-state index in [1.165, 1.54) is 18.5 Å². The molecule has 2 heteroatoms. The highest BCUT2D eigenvalue weighted by atomic mass is 14.9. The zero-order valence-corrected chi connectivity index (χ0v) is 8.80. The minimum absolute atomic E-state index is 0.535. The lowest BCUT2D eigenvalue weighted by Crippen LogP contribution is -2.14. The molecule has 1 saturated carbocycles. The topological polar surface area (TPSA) is 38.0 Å². The molecule has 13 heavy (non-hydrogen) atoms. The van der Waals surface area contributed by atoms with Crippen LogP contribution >= 0.6 is 0 Å². The van der Waals surface area contributed by atoms with E-state index in [1.54, 1.807) is 0 Å². The number of allylic oxidation sites excluding steroid dienone is 3. The second-order valence-electron chi connectivity index (χ2n) is 3.96. The molecule has 0 atom stereocenters. The van der Waals surface area contributed by atoms with Crippen LogP contribution in [0.2, 0.25) is 0 Å². The first kappa shape index (κ1) is 10.2. The molecule has 0 aromatic rings. The summed E-state index contributed by atoms with van der Waals surface area (Å²) in [6.45, 7) is 6.39. The van der Waals surface area contributed by atoms with E-state index in [2.05, 4.69) is 25.2 Å². The summed E-state index contributed by atoms with van der Waals surface area (Å²) in [5, 5.41) is 3.26. The Labute approximate surface area is 80.9 Å². The van der Waals surface area contributed by atoms with E-state index in [0.29, 0.717) is 11.8 Å². The summed E-state index contributed by atoms with van der Waals surface area (Å²) in [4.78, 5) is 0. The number of hydrogen-bond donors (Lipinski definition) is 2. The predicted octanol–water partition coefficient (Wildman–Crippen LogP) is 2.35. The molecule has 0 unspecified atom stereocenters. The maximum Gasteiger partial charge on any atom is 0.0275 e. The van der Waals surface area contributed by atoms with Crippen molar-refractivity contribution < 1.29 is 0 Å². The fourth-order valence-electron chi connectivity index (χ4n) is 1.28. The van der Waals surface area contributed by atoms with Gasteiger partial charge < -0.3 is 11.1 Å². The second kappa shape index (κ2) is 4.35. The highest BCUT2D eigenvalue weighted by Crippen LogP contribution is 2.33. The van der Waals surface area contributed by atoms with Gasteiger partial charge in [-0.1, -0.05) is 19.9 Å². The van der Waals surface area contributed by atoms with Gasteiger partial charge in [-0.05, 0) is 31.6 Å². The van der Waals surface area contributed by atoms with Gasteiger partial charge in [-0.3, -0.25) is 0 Å². The van der Waals surface area contributed by atoms with Crippen LogP contribution in [-0.2, 0) is 0 Å². The highest BCUT2D eigenvalue weighted by Gasteiger charge is 2.23. The molecular weight excluding hydrogens is 160 g/mol. The van der Waals surface area contributed by atoms with Crippen molar-refractivity contribution in [1.82, 2.24) is 5.32 Å². The van der Waals surface area contributed by atoms with Gasteiger partial charge in [-0.15, -0.1) is 0 Å². The molecule has 74 valence electrons. The van der Waals surface area contributed by atoms with Crippen LogP contribution in [0.4, 0.5) is 0 Å². The van der Waals surface area contributed by atoms with E-state index in [-0.39, 0.29) is 0 Å². The summed E-state index contributed by atoms with van der Waals surface area (Å²) in [7, 11) is 0. The number of hydrogen-bond acceptors (Lipinski definition) is 2. The van der Waals surface area contributed by atoms with Crippen molar-refractivity contribution in [2.75, 3.05) is 0 Å². The number of rotatable bonds is 4. The molecule has 1 aliphatic carbocycles. The Morgan fingerprint density at radius 1 is 1.46 bits per heavy atom. The zero-order chi connectivity index (χ0) is 9.84. The molecule has 0 aromatic heterocycles. The van der Waals surface area contributed by atoms with Crippen LogP contribution in [0.3, 0.4) is 0 Å². The van der Waals surface area contributed by atoms with Crippen LogP contribution in [0.25, 0.3) is 0 Å². The quantitative estimate of drug-likeness (QED) is 0.697. The smallest absolute Gasteiger partial charge is 0.0275 e. The average Bonchev–Trinajstić information content (AvgIpc) is 2.86. The number of nitrogens with two attached hydrogens (primary N) is 1. The van der Waals surface area contributed by atoms with Crippen molar-refractivity contribution in [2.45, 2.75) is 33.6 Å². The first-order valence-corrected chi connectivity index (χ1v) is 5.03. The van der Waals surface area contributed by atoms with Gasteiger partial charge in [0.2, 0.25) is 0 Å². The summed E-state index contributed by atoms with van der Waals surface area (Å²) in [5.41, 5.74) is 8.09. The summed E-state index contributed by atoms with van der Waals surface area (Å²) in [6.07, 6.45) is 6.57. The maximum atomic E-state index is 5.85. The summed E-state index contributed by atoms with van der Waals surface area (Å²) < 4.78 is 0. The van der Waals surface area contributed by atoms with Gasteiger partial charge in [-0.25, -0.2) is 0 Å². The Kier molecular flexibility index (Phi) is 3.40. The molecule has 0 bridgehead atoms. The van der Waals surface area contributed by atoms with Crippen molar-refractivity contribution in [3.05, 3.63) is 23.7 Å². The Bertz CT molecular complexity index is 222. The predicted molar refractivity (Wildman–Crippen MR) is 56.7 cm³/mol. The molecule has 0 amide bonds. The van der Waals surface area contributed by atoms with Crippen LogP contribution < -0.4 is 11.1 Å². The van der Waals surface area contributed by atoms with Gasteiger partial charge in [0, 0.05) is 17.6 Å². The molecule has 1 fully saturated rings. The van der Waals surface area contributed by atoms with Crippen LogP contribution in [0.15, 0.2) is 23.7 Å². The first-order chi connectivity index (χ1) is 6.15. The van der Waals surface area contributed by atoms with Crippen LogP contribution in [0.1, 0.15) is 33.6 Å². The van der Waals surface area contributed by atoms with Crippen molar-refractivity contribution in [2.24, 2.45) is 17.6 Å². The van der Waals surface area contributed by atoms with Crippen LogP contribution in [0.5, 0.6) is 0 Å². The van der Waals surface area contributed by atoms with Gasteiger partial charge in [0.15, 0.2) is 0 Å². The van der Waals surface area contributed by atoms with E-state index in [4.69, 9.17) is 5.73 Å². The van der Waals surface area contributed by atoms with Crippen LogP contribution in [-0.4, -0.2) is 0 Å². The molecule has 3 N–H and O–H groups in total. The van der Waals surface area contributed by atoms with E-state index in [0.717, 1.165) is 5.70 Å². The SMILES string of the molecule is C/C=C(\N/C=C(\N)C1CC1)C(C)C. The van der Waals surface area contributed by atoms with Gasteiger partial charge >= 0.3 is 0 Å². The van der Waals surface area contributed by atoms with Gasteiger partial charge in [0.1, 0.15) is 0 Å². The third-order valence-electron chi connectivity index (χ3n) is 2.39. The zero-order valence-electron chi connectivity index (χ0n) is 8.80. The summed E-state index contributed by atoms with van der Waals surface area (Å²) >= 11 is 0. The van der Waals surface area contributed by atoms with Gasteiger partial charge in [0.05, 0.1) is 0 Å². The van der Waals surface area contributed by atoms with E-state index in [1.807, 2.05) is 13.1 Å². The lowest BCUT2D eigenvalue weighted by molar-refractivity contribution is 0.707. The lowest BCUT2D eigenvalue weighted by Gasteiger charge is -2.11. The van der Waals surface area contributed by atoms with E-state index in [9.17, 15) is 0 Å². The minimum atomic E-state index is 0.535. The van der Waals surface area contributed by atoms with E-state index >= 15 is 0 Å².